The fraction of sp³-hybridized carbons (Fsp3) is 0.440. The third-order valence-corrected chi connectivity index (χ3v) is 7.36. The van der Waals surface area contributed by atoms with Gasteiger partial charge < -0.3 is 9.33 Å². The number of nitrogens with zero attached hydrogens (tertiary/aromatic N) is 2. The van der Waals surface area contributed by atoms with E-state index in [4.69, 9.17) is 4.43 Å². The summed E-state index contributed by atoms with van der Waals surface area (Å²) in [5, 5.41) is 11.2. The topological polar surface area (TPSA) is 55.6 Å². The molecule has 1 fully saturated rings. The average Bonchev–Trinajstić information content (AvgIpc) is 2.72. The maximum absolute atomic E-state index is 11.2. The quantitative estimate of drug-likeness (QED) is 0.288. The average molecular weight is 437 g/mol. The van der Waals surface area contributed by atoms with Crippen LogP contribution >= 0.6 is 0 Å². The summed E-state index contributed by atoms with van der Waals surface area (Å²) in [6.45, 7) is 9.08. The largest absolute Gasteiger partial charge is 0.547 e. The molecule has 0 radical (unpaired) electrons. The molecule has 1 heterocycles. The first kappa shape index (κ1) is 21.6. The van der Waals surface area contributed by atoms with E-state index in [1.165, 1.54) is 24.1 Å². The third-order valence-electron chi connectivity index (χ3n) is 6.50. The molecule has 0 N–H and O–H groups in total. The highest BCUT2D eigenvalue weighted by molar-refractivity contribution is 6.70. The Bertz CT molecular complexity index is 982. The van der Waals surface area contributed by atoms with E-state index in [-0.39, 0.29) is 22.2 Å². The van der Waals surface area contributed by atoms with Crippen LogP contribution in [0.15, 0.2) is 65.9 Å². The van der Waals surface area contributed by atoms with Gasteiger partial charge in [0, 0.05) is 24.2 Å². The lowest BCUT2D eigenvalue weighted by Gasteiger charge is -2.55. The van der Waals surface area contributed by atoms with Crippen LogP contribution in [0.25, 0.3) is 0 Å². The first-order valence-electron chi connectivity index (χ1n) is 11.2. The molecule has 5 nitrogen and oxygen atoms in total. The first-order chi connectivity index (χ1) is 14.7. The number of hydrogen-bond acceptors (Lipinski definition) is 4. The molecule has 0 saturated heterocycles. The van der Waals surface area contributed by atoms with Crippen LogP contribution in [0.4, 0.5) is 11.4 Å². The van der Waals surface area contributed by atoms with Crippen molar-refractivity contribution in [3.05, 3.63) is 81.6 Å². The highest BCUT2D eigenvalue weighted by Gasteiger charge is 2.47. The highest BCUT2D eigenvalue weighted by atomic mass is 28.4. The second-order valence-corrected chi connectivity index (χ2v) is 14.3. The maximum atomic E-state index is 11.2. The van der Waals surface area contributed by atoms with Gasteiger partial charge in [-0.05, 0) is 69.1 Å². The SMILES string of the molecule is C[C@]12CCCCC1=C(O[Si](C)(C)C)C[C@@H](c1ccc([N+](=O)[O-])cc1)N2c1ccccc1. The molecule has 2 aromatic carbocycles. The molecule has 6 heteroatoms. The molecule has 2 atom stereocenters. The molecule has 164 valence electrons. The van der Waals surface area contributed by atoms with E-state index >= 15 is 0 Å². The summed E-state index contributed by atoms with van der Waals surface area (Å²) < 4.78 is 6.69. The third kappa shape index (κ3) is 4.26. The van der Waals surface area contributed by atoms with Gasteiger partial charge in [-0.1, -0.05) is 36.8 Å². The van der Waals surface area contributed by atoms with Crippen molar-refractivity contribution in [3.63, 3.8) is 0 Å². The lowest BCUT2D eigenvalue weighted by atomic mass is 9.71. The Kier molecular flexibility index (Phi) is 5.68. The summed E-state index contributed by atoms with van der Waals surface area (Å²) in [5.74, 6) is 1.16. The first-order valence-corrected chi connectivity index (χ1v) is 14.6. The van der Waals surface area contributed by atoms with E-state index in [0.29, 0.717) is 0 Å². The fourth-order valence-corrected chi connectivity index (χ4v) is 6.19. The molecule has 1 saturated carbocycles. The van der Waals surface area contributed by atoms with E-state index in [1.54, 1.807) is 12.1 Å². The van der Waals surface area contributed by atoms with Gasteiger partial charge >= 0.3 is 0 Å². The molecule has 0 amide bonds. The second kappa shape index (κ2) is 8.15. The lowest BCUT2D eigenvalue weighted by Crippen LogP contribution is -2.55. The summed E-state index contributed by atoms with van der Waals surface area (Å²) in [6, 6.07) is 17.7. The van der Waals surface area contributed by atoms with Gasteiger partial charge in [-0.25, -0.2) is 0 Å². The van der Waals surface area contributed by atoms with Crippen LogP contribution < -0.4 is 4.90 Å². The molecule has 4 rings (SSSR count). The summed E-state index contributed by atoms with van der Waals surface area (Å²) in [6.07, 6.45) is 5.35. The van der Waals surface area contributed by atoms with Crippen molar-refractivity contribution < 1.29 is 9.35 Å². The molecule has 0 spiro atoms. The van der Waals surface area contributed by atoms with Crippen molar-refractivity contribution in [2.45, 2.75) is 70.2 Å². The van der Waals surface area contributed by atoms with Gasteiger partial charge in [-0.2, -0.15) is 0 Å². The van der Waals surface area contributed by atoms with Gasteiger partial charge in [0.05, 0.1) is 22.3 Å². The van der Waals surface area contributed by atoms with E-state index in [9.17, 15) is 10.1 Å². The van der Waals surface area contributed by atoms with E-state index in [1.807, 2.05) is 18.2 Å². The summed E-state index contributed by atoms with van der Waals surface area (Å²) in [4.78, 5) is 13.4. The number of rotatable bonds is 5. The Labute approximate surface area is 186 Å². The molecule has 1 aliphatic carbocycles. The van der Waals surface area contributed by atoms with Gasteiger partial charge in [0.25, 0.3) is 5.69 Å². The van der Waals surface area contributed by atoms with Gasteiger partial charge in [0.2, 0.25) is 8.32 Å². The number of nitro groups is 1. The van der Waals surface area contributed by atoms with Crippen molar-refractivity contribution in [2.75, 3.05) is 4.90 Å². The Morgan fingerprint density at radius 1 is 1.06 bits per heavy atom. The summed E-state index contributed by atoms with van der Waals surface area (Å²) in [7, 11) is -1.78. The Hall–Kier alpha value is -2.60. The fourth-order valence-electron chi connectivity index (χ4n) is 5.24. The van der Waals surface area contributed by atoms with Crippen LogP contribution in [0, 0.1) is 10.1 Å². The van der Waals surface area contributed by atoms with Crippen LogP contribution in [0.2, 0.25) is 19.6 Å². The number of hydrogen-bond donors (Lipinski definition) is 0. The Balaban J connectivity index is 1.87. The zero-order valence-corrected chi connectivity index (χ0v) is 19.9. The van der Waals surface area contributed by atoms with Crippen LogP contribution in [0.3, 0.4) is 0 Å². The van der Waals surface area contributed by atoms with Crippen LogP contribution in [0.1, 0.15) is 50.6 Å². The number of nitro benzene ring substituents is 1. The highest BCUT2D eigenvalue weighted by Crippen LogP contribution is 2.52. The van der Waals surface area contributed by atoms with Crippen molar-refractivity contribution in [3.8, 4) is 0 Å². The zero-order valence-electron chi connectivity index (χ0n) is 18.9. The van der Waals surface area contributed by atoms with Crippen LogP contribution in [-0.4, -0.2) is 18.8 Å². The van der Waals surface area contributed by atoms with E-state index in [2.05, 4.69) is 55.7 Å². The Morgan fingerprint density at radius 2 is 1.74 bits per heavy atom. The predicted octanol–water partition coefficient (Wildman–Crippen LogP) is 6.98. The number of non-ortho nitro benzene ring substituents is 1. The minimum absolute atomic E-state index is 0.0707. The monoisotopic (exact) mass is 436 g/mol. The smallest absolute Gasteiger partial charge is 0.269 e. The maximum Gasteiger partial charge on any atom is 0.269 e. The predicted molar refractivity (Wildman–Crippen MR) is 128 cm³/mol. The Morgan fingerprint density at radius 3 is 2.35 bits per heavy atom. The molecule has 1 aliphatic heterocycles. The van der Waals surface area contributed by atoms with Gasteiger partial charge in [-0.3, -0.25) is 10.1 Å². The van der Waals surface area contributed by atoms with Crippen LogP contribution in [0.5, 0.6) is 0 Å². The number of anilines is 1. The van der Waals surface area contributed by atoms with Crippen molar-refractivity contribution in [1.82, 2.24) is 0 Å². The van der Waals surface area contributed by atoms with Gasteiger partial charge in [0.15, 0.2) is 0 Å². The molecule has 2 aliphatic rings. The minimum Gasteiger partial charge on any atom is -0.547 e. The normalized spacial score (nSPS) is 24.0. The molecule has 31 heavy (non-hydrogen) atoms. The molecular weight excluding hydrogens is 404 g/mol. The number of para-hydroxylation sites is 1. The number of benzene rings is 2. The van der Waals surface area contributed by atoms with Crippen LogP contribution in [-0.2, 0) is 4.43 Å². The summed E-state index contributed by atoms with van der Waals surface area (Å²) >= 11 is 0. The van der Waals surface area contributed by atoms with E-state index in [0.717, 1.165) is 30.6 Å². The molecule has 2 aromatic rings. The molecule has 0 bridgehead atoms. The van der Waals surface area contributed by atoms with Gasteiger partial charge in [-0.15, -0.1) is 0 Å². The molecular formula is C25H32N2O3Si. The molecule has 0 unspecified atom stereocenters. The summed E-state index contributed by atoms with van der Waals surface area (Å²) in [5.41, 5.74) is 3.74. The lowest BCUT2D eigenvalue weighted by molar-refractivity contribution is -0.384. The van der Waals surface area contributed by atoms with Crippen molar-refractivity contribution in [1.29, 1.82) is 0 Å². The van der Waals surface area contributed by atoms with E-state index < -0.39 is 8.32 Å². The molecule has 0 aromatic heterocycles. The van der Waals surface area contributed by atoms with Crippen molar-refractivity contribution >= 4 is 19.7 Å². The number of fused-ring (bicyclic) bond motifs is 1. The standard InChI is InChI=1S/C25H32N2O3Si/c1-25-17-9-8-12-22(25)24(30-31(2,3)4)18-23(26(25)20-10-6-5-7-11-20)19-13-15-21(16-14-19)27(28)29/h5-7,10-11,13-16,23H,8-9,12,17-18H2,1-4H3/t23-,25-/m0/s1. The van der Waals surface area contributed by atoms with Crippen molar-refractivity contribution in [2.24, 2.45) is 0 Å². The van der Waals surface area contributed by atoms with Gasteiger partial charge in [0.1, 0.15) is 0 Å². The second-order valence-electron chi connectivity index (χ2n) is 9.87. The minimum atomic E-state index is -1.78. The zero-order chi connectivity index (χ0) is 22.2.